The zero-order valence-corrected chi connectivity index (χ0v) is 13.2. The highest BCUT2D eigenvalue weighted by molar-refractivity contribution is 6.34. The highest BCUT2D eigenvalue weighted by Crippen LogP contribution is 2.23. The van der Waals surface area contributed by atoms with E-state index in [0.29, 0.717) is 16.3 Å². The second kappa shape index (κ2) is 6.36. The second-order valence-electron chi connectivity index (χ2n) is 5.43. The van der Waals surface area contributed by atoms with E-state index in [-0.39, 0.29) is 5.91 Å². The summed E-state index contributed by atoms with van der Waals surface area (Å²) in [7, 11) is 0. The Hall–Kier alpha value is -2.07. The molecule has 1 aromatic heterocycles. The number of carbonyl (C=O) groups excluding carboxylic acids is 1. The number of halogens is 1. The molecule has 1 aliphatic rings. The summed E-state index contributed by atoms with van der Waals surface area (Å²) in [6.07, 6.45) is 2.43. The first kappa shape index (κ1) is 14.9. The summed E-state index contributed by atoms with van der Waals surface area (Å²) in [6, 6.07) is 10.9. The molecule has 22 heavy (non-hydrogen) atoms. The molecule has 5 heteroatoms. The number of aryl methyl sites for hydroxylation is 1. The summed E-state index contributed by atoms with van der Waals surface area (Å²) in [5.41, 5.74) is 1.99. The van der Waals surface area contributed by atoms with Crippen LogP contribution in [0.2, 0.25) is 5.02 Å². The van der Waals surface area contributed by atoms with Crippen LogP contribution in [-0.2, 0) is 0 Å². The fourth-order valence-corrected chi connectivity index (χ4v) is 2.86. The maximum Gasteiger partial charge on any atom is 0.257 e. The van der Waals surface area contributed by atoms with Crippen molar-refractivity contribution < 1.29 is 4.79 Å². The van der Waals surface area contributed by atoms with Crippen molar-refractivity contribution in [2.24, 2.45) is 0 Å². The quantitative estimate of drug-likeness (QED) is 0.934. The zero-order valence-electron chi connectivity index (χ0n) is 12.5. The number of nitrogens with one attached hydrogen (secondary N) is 1. The number of carbonyl (C=O) groups is 1. The molecule has 1 saturated heterocycles. The number of nitrogens with zero attached hydrogens (tertiary/aromatic N) is 2. The maximum absolute atomic E-state index is 12.3. The van der Waals surface area contributed by atoms with Gasteiger partial charge in [-0.2, -0.15) is 0 Å². The molecule has 1 N–H and O–H groups in total. The van der Waals surface area contributed by atoms with Crippen molar-refractivity contribution >= 4 is 29.0 Å². The Labute approximate surface area is 135 Å². The van der Waals surface area contributed by atoms with Crippen LogP contribution < -0.4 is 10.2 Å². The summed E-state index contributed by atoms with van der Waals surface area (Å²) in [6.45, 7) is 4.01. The first-order valence-corrected chi connectivity index (χ1v) is 7.81. The summed E-state index contributed by atoms with van der Waals surface area (Å²) < 4.78 is 0. The predicted octanol–water partition coefficient (Wildman–Crippen LogP) is 3.90. The Balaban J connectivity index is 1.78. The Kier molecular flexibility index (Phi) is 4.29. The smallest absolute Gasteiger partial charge is 0.257 e. The molecule has 114 valence electrons. The van der Waals surface area contributed by atoms with Gasteiger partial charge in [-0.05, 0) is 44.0 Å². The molecule has 0 radical (unpaired) electrons. The van der Waals surface area contributed by atoms with E-state index in [4.69, 9.17) is 11.6 Å². The average molecular weight is 316 g/mol. The van der Waals surface area contributed by atoms with Crippen molar-refractivity contribution in [1.29, 1.82) is 0 Å². The molecule has 1 amide bonds. The van der Waals surface area contributed by atoms with Gasteiger partial charge in [0.15, 0.2) is 0 Å². The van der Waals surface area contributed by atoms with E-state index in [9.17, 15) is 4.79 Å². The van der Waals surface area contributed by atoms with E-state index in [0.717, 1.165) is 24.6 Å². The third kappa shape index (κ3) is 3.07. The normalized spacial score (nSPS) is 14.2. The van der Waals surface area contributed by atoms with Crippen LogP contribution in [0.25, 0.3) is 0 Å². The molecule has 0 aliphatic carbocycles. The van der Waals surface area contributed by atoms with Crippen LogP contribution in [0.5, 0.6) is 0 Å². The first-order valence-electron chi connectivity index (χ1n) is 7.43. The van der Waals surface area contributed by atoms with Gasteiger partial charge in [-0.3, -0.25) is 4.79 Å². The minimum Gasteiger partial charge on any atom is -0.357 e. The molecule has 1 aromatic carbocycles. The number of pyridine rings is 1. The summed E-state index contributed by atoms with van der Waals surface area (Å²) in [5, 5.41) is 3.32. The van der Waals surface area contributed by atoms with Crippen molar-refractivity contribution in [2.75, 3.05) is 23.3 Å². The summed E-state index contributed by atoms with van der Waals surface area (Å²) in [5.74, 6) is 0.759. The zero-order chi connectivity index (χ0) is 15.5. The standard InChI is InChI=1S/C17H18ClN3O/c1-12-15(8-9-16(19-12)21-10-4-5-11-21)20-17(22)13-6-2-3-7-14(13)18/h2-3,6-9H,4-5,10-11H2,1H3,(H,20,22). The van der Waals surface area contributed by atoms with Crippen molar-refractivity contribution in [3.8, 4) is 0 Å². The Morgan fingerprint density at radius 3 is 2.59 bits per heavy atom. The molecule has 2 aromatic rings. The van der Waals surface area contributed by atoms with Gasteiger partial charge in [-0.25, -0.2) is 4.98 Å². The van der Waals surface area contributed by atoms with Gasteiger partial charge in [0.05, 0.1) is 22.0 Å². The van der Waals surface area contributed by atoms with Gasteiger partial charge in [-0.15, -0.1) is 0 Å². The summed E-state index contributed by atoms with van der Waals surface area (Å²) >= 11 is 6.05. The first-order chi connectivity index (χ1) is 10.6. The Bertz CT molecular complexity index is 696. The number of rotatable bonds is 3. The minimum absolute atomic E-state index is 0.218. The molecule has 1 aliphatic heterocycles. The lowest BCUT2D eigenvalue weighted by atomic mass is 10.2. The highest BCUT2D eigenvalue weighted by Gasteiger charge is 2.16. The minimum atomic E-state index is -0.218. The van der Waals surface area contributed by atoms with E-state index in [1.54, 1.807) is 24.3 Å². The van der Waals surface area contributed by atoms with E-state index in [1.165, 1.54) is 12.8 Å². The second-order valence-corrected chi connectivity index (χ2v) is 5.84. The van der Waals surface area contributed by atoms with Gasteiger partial charge in [0, 0.05) is 13.1 Å². The third-order valence-corrected chi connectivity index (χ3v) is 4.20. The van der Waals surface area contributed by atoms with Crippen LogP contribution >= 0.6 is 11.6 Å². The van der Waals surface area contributed by atoms with Gasteiger partial charge in [-0.1, -0.05) is 23.7 Å². The third-order valence-electron chi connectivity index (χ3n) is 3.87. The van der Waals surface area contributed by atoms with Crippen LogP contribution in [0, 0.1) is 6.92 Å². The molecule has 3 rings (SSSR count). The van der Waals surface area contributed by atoms with Gasteiger partial charge >= 0.3 is 0 Å². The number of hydrogen-bond acceptors (Lipinski definition) is 3. The number of amides is 1. The van der Waals surface area contributed by atoms with Gasteiger partial charge in [0.1, 0.15) is 5.82 Å². The van der Waals surface area contributed by atoms with Crippen LogP contribution in [0.3, 0.4) is 0 Å². The van der Waals surface area contributed by atoms with Crippen molar-refractivity contribution in [3.63, 3.8) is 0 Å². The molecule has 0 atom stereocenters. The van der Waals surface area contributed by atoms with Crippen molar-refractivity contribution in [2.45, 2.75) is 19.8 Å². The largest absolute Gasteiger partial charge is 0.357 e. The van der Waals surface area contributed by atoms with E-state index >= 15 is 0 Å². The van der Waals surface area contributed by atoms with Crippen LogP contribution in [0.1, 0.15) is 28.9 Å². The van der Waals surface area contributed by atoms with Gasteiger partial charge < -0.3 is 10.2 Å². The number of hydrogen-bond donors (Lipinski definition) is 1. The van der Waals surface area contributed by atoms with Crippen molar-refractivity contribution in [3.05, 3.63) is 52.7 Å². The molecule has 4 nitrogen and oxygen atoms in total. The van der Waals surface area contributed by atoms with Crippen LogP contribution in [-0.4, -0.2) is 24.0 Å². The summed E-state index contributed by atoms with van der Waals surface area (Å²) in [4.78, 5) is 19.2. The molecule has 0 unspecified atom stereocenters. The Morgan fingerprint density at radius 2 is 1.91 bits per heavy atom. The van der Waals surface area contributed by atoms with E-state index < -0.39 is 0 Å². The number of aromatic nitrogens is 1. The number of anilines is 2. The molecule has 1 fully saturated rings. The SMILES string of the molecule is Cc1nc(N2CCCC2)ccc1NC(=O)c1ccccc1Cl. The molecule has 0 bridgehead atoms. The fraction of sp³-hybridized carbons (Fsp3) is 0.294. The van der Waals surface area contributed by atoms with Gasteiger partial charge in [0.25, 0.3) is 5.91 Å². The molecule has 2 heterocycles. The lowest BCUT2D eigenvalue weighted by molar-refractivity contribution is 0.102. The maximum atomic E-state index is 12.3. The fourth-order valence-electron chi connectivity index (χ4n) is 2.64. The Morgan fingerprint density at radius 1 is 1.18 bits per heavy atom. The van der Waals surface area contributed by atoms with Crippen molar-refractivity contribution in [1.82, 2.24) is 4.98 Å². The topological polar surface area (TPSA) is 45.2 Å². The number of benzene rings is 1. The van der Waals surface area contributed by atoms with E-state index in [2.05, 4.69) is 15.2 Å². The lowest BCUT2D eigenvalue weighted by Gasteiger charge is -2.18. The molecular weight excluding hydrogens is 298 g/mol. The monoisotopic (exact) mass is 315 g/mol. The molecular formula is C17H18ClN3O. The molecule has 0 saturated carbocycles. The average Bonchev–Trinajstić information content (AvgIpc) is 3.04. The van der Waals surface area contributed by atoms with E-state index in [1.807, 2.05) is 19.1 Å². The van der Waals surface area contributed by atoms with Crippen LogP contribution in [0.4, 0.5) is 11.5 Å². The van der Waals surface area contributed by atoms with Crippen LogP contribution in [0.15, 0.2) is 36.4 Å². The highest BCUT2D eigenvalue weighted by atomic mass is 35.5. The predicted molar refractivity (Wildman–Crippen MR) is 89.8 cm³/mol. The van der Waals surface area contributed by atoms with Gasteiger partial charge in [0.2, 0.25) is 0 Å². The molecule has 0 spiro atoms. The lowest BCUT2D eigenvalue weighted by Crippen LogP contribution is -2.20.